The largest absolute Gasteiger partial charge is 0.357 e. The maximum Gasteiger partial charge on any atom is 0.277 e. The lowest BCUT2D eigenvalue weighted by Gasteiger charge is -2.05. The van der Waals surface area contributed by atoms with Gasteiger partial charge in [-0.25, -0.2) is 0 Å². The van der Waals surface area contributed by atoms with E-state index in [1.807, 2.05) is 0 Å². The van der Waals surface area contributed by atoms with Crippen molar-refractivity contribution in [3.63, 3.8) is 0 Å². The van der Waals surface area contributed by atoms with Crippen molar-refractivity contribution in [3.8, 4) is 0 Å². The van der Waals surface area contributed by atoms with E-state index in [2.05, 4.69) is 0 Å². The van der Waals surface area contributed by atoms with E-state index in [0.29, 0.717) is 0 Å². The van der Waals surface area contributed by atoms with Gasteiger partial charge in [-0.15, -0.1) is 0 Å². The molecule has 2 aliphatic rings. The highest BCUT2D eigenvalue weighted by atomic mass is 19.3. The monoisotopic (exact) mass is 192 g/mol. The van der Waals surface area contributed by atoms with Gasteiger partial charge in [-0.1, -0.05) is 12.2 Å². The molecule has 2 unspecified atom stereocenters. The Morgan fingerprint density at radius 2 is 1.31 bits per heavy atom. The molecule has 70 valence electrons. The molecule has 2 rings (SSSR count). The van der Waals surface area contributed by atoms with Crippen LogP contribution in [-0.4, -0.2) is 12.2 Å². The maximum atomic E-state index is 12.2. The average molecular weight is 192 g/mol. The summed E-state index contributed by atoms with van der Waals surface area (Å²) in [7, 11) is 0. The minimum absolute atomic E-state index is 0.674. The molecule has 13 heavy (non-hydrogen) atoms. The SMILES string of the molecule is FC(F)=C1C(=C(F)F)C2C=CC1O2. The van der Waals surface area contributed by atoms with Gasteiger partial charge in [0.2, 0.25) is 0 Å². The van der Waals surface area contributed by atoms with E-state index in [0.717, 1.165) is 0 Å². The molecule has 0 saturated carbocycles. The quantitative estimate of drug-likeness (QED) is 0.423. The van der Waals surface area contributed by atoms with Crippen LogP contribution in [0.2, 0.25) is 0 Å². The Labute approximate surface area is 71.0 Å². The van der Waals surface area contributed by atoms with E-state index < -0.39 is 35.5 Å². The lowest BCUT2D eigenvalue weighted by atomic mass is 9.97. The molecule has 0 aromatic carbocycles. The molecule has 1 nitrogen and oxygen atoms in total. The van der Waals surface area contributed by atoms with Crippen molar-refractivity contribution in [2.45, 2.75) is 12.2 Å². The molecule has 0 aliphatic carbocycles. The van der Waals surface area contributed by atoms with E-state index in [9.17, 15) is 17.6 Å². The Morgan fingerprint density at radius 1 is 0.923 bits per heavy atom. The van der Waals surface area contributed by atoms with Gasteiger partial charge < -0.3 is 4.74 Å². The topological polar surface area (TPSA) is 9.23 Å². The lowest BCUT2D eigenvalue weighted by Crippen LogP contribution is -2.05. The molecule has 0 radical (unpaired) electrons. The van der Waals surface area contributed by atoms with Crippen molar-refractivity contribution in [2.24, 2.45) is 0 Å². The average Bonchev–Trinajstić information content (AvgIpc) is 2.60. The molecular formula is C8H4F4O. The zero-order valence-electron chi connectivity index (χ0n) is 6.23. The predicted molar refractivity (Wildman–Crippen MR) is 36.3 cm³/mol. The number of halogens is 4. The molecule has 1 fully saturated rings. The summed E-state index contributed by atoms with van der Waals surface area (Å²) in [4.78, 5) is 0. The van der Waals surface area contributed by atoms with Crippen LogP contribution in [0.25, 0.3) is 0 Å². The molecule has 0 N–H and O–H groups in total. The van der Waals surface area contributed by atoms with Crippen molar-refractivity contribution in [1.29, 1.82) is 0 Å². The van der Waals surface area contributed by atoms with Gasteiger partial charge in [0, 0.05) is 0 Å². The highest BCUT2D eigenvalue weighted by Crippen LogP contribution is 2.42. The summed E-state index contributed by atoms with van der Waals surface area (Å²) in [6.07, 6.45) is -3.48. The number of fused-ring (bicyclic) bond motifs is 2. The van der Waals surface area contributed by atoms with Crippen LogP contribution in [0.1, 0.15) is 0 Å². The van der Waals surface area contributed by atoms with Gasteiger partial charge in [-0.2, -0.15) is 17.6 Å². The molecule has 0 aromatic heterocycles. The lowest BCUT2D eigenvalue weighted by molar-refractivity contribution is 0.135. The van der Waals surface area contributed by atoms with E-state index in [4.69, 9.17) is 4.74 Å². The highest BCUT2D eigenvalue weighted by molar-refractivity contribution is 5.50. The molecule has 0 spiro atoms. The third-order valence-corrected chi connectivity index (χ3v) is 2.02. The molecule has 0 aromatic rings. The first-order chi connectivity index (χ1) is 6.11. The summed E-state index contributed by atoms with van der Waals surface area (Å²) in [6, 6.07) is 0. The minimum atomic E-state index is -2.10. The summed E-state index contributed by atoms with van der Waals surface area (Å²) in [5.74, 6) is 0. The molecule has 2 atom stereocenters. The van der Waals surface area contributed by atoms with Crippen LogP contribution in [0.4, 0.5) is 17.6 Å². The van der Waals surface area contributed by atoms with Crippen LogP contribution in [0.5, 0.6) is 0 Å². The van der Waals surface area contributed by atoms with Gasteiger partial charge in [0.15, 0.2) is 0 Å². The minimum Gasteiger partial charge on any atom is -0.357 e. The fraction of sp³-hybridized carbons (Fsp3) is 0.250. The molecule has 2 heterocycles. The number of hydrogen-bond acceptors (Lipinski definition) is 1. The summed E-state index contributed by atoms with van der Waals surface area (Å²) in [5, 5.41) is 0. The predicted octanol–water partition coefficient (Wildman–Crippen LogP) is 2.62. The van der Waals surface area contributed by atoms with Gasteiger partial charge in [0.25, 0.3) is 12.2 Å². The molecule has 5 heteroatoms. The van der Waals surface area contributed by atoms with Crippen molar-refractivity contribution in [1.82, 2.24) is 0 Å². The molecule has 1 saturated heterocycles. The third kappa shape index (κ3) is 1.11. The Bertz CT molecular complexity index is 302. The number of ether oxygens (including phenoxy) is 1. The van der Waals surface area contributed by atoms with Crippen molar-refractivity contribution in [2.75, 3.05) is 0 Å². The van der Waals surface area contributed by atoms with E-state index in [-0.39, 0.29) is 0 Å². The third-order valence-electron chi connectivity index (χ3n) is 2.02. The summed E-state index contributed by atoms with van der Waals surface area (Å²) in [5.41, 5.74) is -1.35. The fourth-order valence-electron chi connectivity index (χ4n) is 1.50. The van der Waals surface area contributed by atoms with E-state index in [1.54, 1.807) is 0 Å². The van der Waals surface area contributed by atoms with Gasteiger partial charge in [-0.05, 0) is 0 Å². The normalized spacial score (nSPS) is 30.2. The summed E-state index contributed by atoms with van der Waals surface area (Å²) >= 11 is 0. The smallest absolute Gasteiger partial charge is 0.277 e. The Morgan fingerprint density at radius 3 is 1.62 bits per heavy atom. The van der Waals surface area contributed by atoms with Crippen molar-refractivity contribution >= 4 is 0 Å². The van der Waals surface area contributed by atoms with Crippen LogP contribution in [0, 0.1) is 0 Å². The standard InChI is InChI=1S/C8H4F4O/c9-7(10)5-3-1-2-4(13-3)6(5)8(11)12/h1-4H. The van der Waals surface area contributed by atoms with E-state index in [1.165, 1.54) is 12.2 Å². The summed E-state index contributed by atoms with van der Waals surface area (Å²) < 4.78 is 53.7. The van der Waals surface area contributed by atoms with Crippen LogP contribution in [-0.2, 0) is 4.74 Å². The Balaban J connectivity index is 2.56. The molecule has 2 aliphatic heterocycles. The maximum absolute atomic E-state index is 12.2. The zero-order chi connectivity index (χ0) is 9.59. The summed E-state index contributed by atoms with van der Waals surface area (Å²) in [6.45, 7) is 0. The van der Waals surface area contributed by atoms with Crippen LogP contribution in [0.15, 0.2) is 35.5 Å². The van der Waals surface area contributed by atoms with Crippen LogP contribution in [0.3, 0.4) is 0 Å². The van der Waals surface area contributed by atoms with Crippen molar-refractivity contribution < 1.29 is 22.3 Å². The Kier molecular flexibility index (Phi) is 1.76. The number of rotatable bonds is 0. The van der Waals surface area contributed by atoms with Crippen LogP contribution >= 0.6 is 0 Å². The molecule has 2 bridgehead atoms. The van der Waals surface area contributed by atoms with E-state index >= 15 is 0 Å². The van der Waals surface area contributed by atoms with Gasteiger partial charge >= 0.3 is 0 Å². The first kappa shape index (κ1) is 8.50. The van der Waals surface area contributed by atoms with Gasteiger partial charge in [0.05, 0.1) is 11.1 Å². The molecule has 0 amide bonds. The number of hydrogen-bond donors (Lipinski definition) is 0. The zero-order valence-corrected chi connectivity index (χ0v) is 6.23. The van der Waals surface area contributed by atoms with Gasteiger partial charge in [-0.3, -0.25) is 0 Å². The van der Waals surface area contributed by atoms with Crippen molar-refractivity contribution in [3.05, 3.63) is 35.5 Å². The molecular weight excluding hydrogens is 188 g/mol. The fourth-order valence-corrected chi connectivity index (χ4v) is 1.50. The van der Waals surface area contributed by atoms with Crippen LogP contribution < -0.4 is 0 Å². The highest BCUT2D eigenvalue weighted by Gasteiger charge is 2.42. The van der Waals surface area contributed by atoms with Gasteiger partial charge in [0.1, 0.15) is 12.2 Å². The Hall–Kier alpha value is -1.10. The second-order valence-electron chi connectivity index (χ2n) is 2.71. The first-order valence-corrected chi connectivity index (χ1v) is 3.55. The second kappa shape index (κ2) is 2.70. The first-order valence-electron chi connectivity index (χ1n) is 3.55. The second-order valence-corrected chi connectivity index (χ2v) is 2.71.